The molecule has 3 nitrogen and oxygen atoms in total. The molecule has 0 aromatic carbocycles. The lowest BCUT2D eigenvalue weighted by molar-refractivity contribution is 0.326. The van der Waals surface area contributed by atoms with Crippen LogP contribution in [-0.4, -0.2) is 24.6 Å². The summed E-state index contributed by atoms with van der Waals surface area (Å²) in [5.74, 6) is 1.03. The lowest BCUT2D eigenvalue weighted by Crippen LogP contribution is -2.52. The second-order valence-corrected chi connectivity index (χ2v) is 6.46. The van der Waals surface area contributed by atoms with Crippen LogP contribution in [0.4, 0.5) is 0 Å². The Bertz CT molecular complexity index is 275. The summed E-state index contributed by atoms with van der Waals surface area (Å²) in [6, 6.07) is 0. The van der Waals surface area contributed by atoms with Gasteiger partial charge in [0.1, 0.15) is 0 Å². The van der Waals surface area contributed by atoms with Gasteiger partial charge < -0.3 is 10.6 Å². The molecular weight excluding hydrogens is 246 g/mol. The summed E-state index contributed by atoms with van der Waals surface area (Å²) >= 11 is 0. The average Bonchev–Trinajstić information content (AvgIpc) is 2.45. The van der Waals surface area contributed by atoms with Gasteiger partial charge in [-0.15, -0.1) is 0 Å². The normalized spacial score (nSPS) is 18.1. The maximum Gasteiger partial charge on any atom is 0.191 e. The minimum Gasteiger partial charge on any atom is -0.356 e. The molecule has 1 heterocycles. The van der Waals surface area contributed by atoms with E-state index in [9.17, 15) is 0 Å². The van der Waals surface area contributed by atoms with Crippen molar-refractivity contribution in [2.24, 2.45) is 4.99 Å². The van der Waals surface area contributed by atoms with E-state index in [4.69, 9.17) is 0 Å². The van der Waals surface area contributed by atoms with E-state index in [2.05, 4.69) is 36.4 Å². The number of nitrogens with zero attached hydrogens (tertiary/aromatic N) is 1. The summed E-state index contributed by atoms with van der Waals surface area (Å²) in [4.78, 5) is 4.58. The van der Waals surface area contributed by atoms with Crippen LogP contribution in [0.25, 0.3) is 0 Å². The monoisotopic (exact) mass is 281 g/mol. The number of hydrogen-bond acceptors (Lipinski definition) is 3. The smallest absolute Gasteiger partial charge is 0.191 e. The molecule has 1 aliphatic heterocycles. The fraction of sp³-hybridized carbons (Fsp3) is 0.941. The van der Waals surface area contributed by atoms with Crippen molar-refractivity contribution >= 4 is 5.96 Å². The molecular formula is C17H35N3. The standard InChI is InChI=1S/C17H35N3/c1-4-6-8-10-13-17(3,12-9-7-5-2)20-16-18-14-11-15-19-16/h4-15H2,1-3H3,(H2,18,19,20). The second-order valence-electron chi connectivity index (χ2n) is 6.46. The van der Waals surface area contributed by atoms with Gasteiger partial charge in [-0.25, -0.2) is 0 Å². The second kappa shape index (κ2) is 10.1. The summed E-state index contributed by atoms with van der Waals surface area (Å²) < 4.78 is 0. The lowest BCUT2D eigenvalue weighted by atomic mass is 9.88. The van der Waals surface area contributed by atoms with E-state index in [-0.39, 0.29) is 5.54 Å². The molecule has 0 amide bonds. The molecule has 2 N–H and O–H groups in total. The molecule has 118 valence electrons. The first-order chi connectivity index (χ1) is 9.70. The number of rotatable bonds is 10. The molecule has 0 radical (unpaired) electrons. The van der Waals surface area contributed by atoms with Crippen LogP contribution in [0.1, 0.15) is 85.0 Å². The lowest BCUT2D eigenvalue weighted by Gasteiger charge is -2.34. The third-order valence-electron chi connectivity index (χ3n) is 4.23. The molecule has 0 aliphatic carbocycles. The summed E-state index contributed by atoms with van der Waals surface area (Å²) in [7, 11) is 0. The molecule has 1 rings (SSSR count). The molecule has 0 aromatic rings. The predicted molar refractivity (Wildman–Crippen MR) is 89.4 cm³/mol. The summed E-state index contributed by atoms with van der Waals surface area (Å²) in [6.07, 6.45) is 13.0. The van der Waals surface area contributed by atoms with Crippen molar-refractivity contribution in [3.8, 4) is 0 Å². The molecule has 1 atom stereocenters. The van der Waals surface area contributed by atoms with Gasteiger partial charge in [0, 0.05) is 18.6 Å². The van der Waals surface area contributed by atoms with E-state index in [0.717, 1.165) is 25.5 Å². The zero-order valence-corrected chi connectivity index (χ0v) is 13.9. The summed E-state index contributed by atoms with van der Waals surface area (Å²) in [5, 5.41) is 7.11. The van der Waals surface area contributed by atoms with Gasteiger partial charge in [0.05, 0.1) is 0 Å². The predicted octanol–water partition coefficient (Wildman–Crippen LogP) is 4.23. The van der Waals surface area contributed by atoms with Crippen LogP contribution < -0.4 is 10.6 Å². The molecule has 1 unspecified atom stereocenters. The highest BCUT2D eigenvalue weighted by molar-refractivity contribution is 5.81. The zero-order valence-electron chi connectivity index (χ0n) is 13.9. The first kappa shape index (κ1) is 17.3. The maximum atomic E-state index is 4.58. The van der Waals surface area contributed by atoms with E-state index in [0.29, 0.717) is 0 Å². The first-order valence-electron chi connectivity index (χ1n) is 8.76. The Balaban J connectivity index is 2.45. The van der Waals surface area contributed by atoms with Crippen LogP contribution in [-0.2, 0) is 0 Å². The zero-order chi connectivity index (χ0) is 14.7. The Morgan fingerprint density at radius 2 is 1.70 bits per heavy atom. The number of nitrogens with one attached hydrogen (secondary N) is 2. The number of hydrogen-bond donors (Lipinski definition) is 2. The Hall–Kier alpha value is -0.730. The van der Waals surface area contributed by atoms with Crippen molar-refractivity contribution in [1.82, 2.24) is 10.6 Å². The number of aliphatic imine (C=N–C) groups is 1. The van der Waals surface area contributed by atoms with Gasteiger partial charge in [-0.1, -0.05) is 58.8 Å². The fourth-order valence-electron chi connectivity index (χ4n) is 2.86. The Kier molecular flexibility index (Phi) is 8.72. The summed E-state index contributed by atoms with van der Waals surface area (Å²) in [6.45, 7) is 8.97. The van der Waals surface area contributed by atoms with Crippen molar-refractivity contribution in [2.45, 2.75) is 90.5 Å². The molecule has 0 fully saturated rings. The highest BCUT2D eigenvalue weighted by Gasteiger charge is 2.24. The van der Waals surface area contributed by atoms with E-state index >= 15 is 0 Å². The Labute approximate surface area is 126 Å². The molecule has 3 heteroatoms. The molecule has 0 bridgehead atoms. The average molecular weight is 281 g/mol. The van der Waals surface area contributed by atoms with Crippen LogP contribution in [0.5, 0.6) is 0 Å². The molecule has 0 saturated carbocycles. The minimum atomic E-state index is 0.214. The number of unbranched alkanes of at least 4 members (excludes halogenated alkanes) is 5. The molecule has 1 aliphatic rings. The largest absolute Gasteiger partial charge is 0.356 e. The van der Waals surface area contributed by atoms with Crippen molar-refractivity contribution in [1.29, 1.82) is 0 Å². The van der Waals surface area contributed by atoms with Gasteiger partial charge in [0.2, 0.25) is 0 Å². The van der Waals surface area contributed by atoms with Gasteiger partial charge in [-0.2, -0.15) is 0 Å². The van der Waals surface area contributed by atoms with Gasteiger partial charge in [-0.3, -0.25) is 4.99 Å². The first-order valence-corrected chi connectivity index (χ1v) is 8.76. The highest BCUT2D eigenvalue weighted by Crippen LogP contribution is 2.22. The van der Waals surface area contributed by atoms with Crippen LogP contribution in [0.2, 0.25) is 0 Å². The number of guanidine groups is 1. The molecule has 0 spiro atoms. The Morgan fingerprint density at radius 3 is 2.30 bits per heavy atom. The van der Waals surface area contributed by atoms with Crippen molar-refractivity contribution < 1.29 is 0 Å². The van der Waals surface area contributed by atoms with Gasteiger partial charge in [-0.05, 0) is 26.2 Å². The Morgan fingerprint density at radius 1 is 1.05 bits per heavy atom. The SMILES string of the molecule is CCCCCCC(C)(CCCCC)NC1=NCCCN1. The van der Waals surface area contributed by atoms with E-state index < -0.39 is 0 Å². The van der Waals surface area contributed by atoms with Crippen LogP contribution >= 0.6 is 0 Å². The fourth-order valence-corrected chi connectivity index (χ4v) is 2.86. The van der Waals surface area contributed by atoms with Crippen molar-refractivity contribution in [3.63, 3.8) is 0 Å². The topological polar surface area (TPSA) is 36.4 Å². The van der Waals surface area contributed by atoms with E-state index in [1.54, 1.807) is 0 Å². The molecule has 0 aromatic heterocycles. The maximum absolute atomic E-state index is 4.58. The quantitative estimate of drug-likeness (QED) is 0.588. The summed E-state index contributed by atoms with van der Waals surface area (Å²) in [5.41, 5.74) is 0.214. The van der Waals surface area contributed by atoms with E-state index in [1.165, 1.54) is 57.8 Å². The van der Waals surface area contributed by atoms with Gasteiger partial charge in [0.25, 0.3) is 0 Å². The van der Waals surface area contributed by atoms with Crippen molar-refractivity contribution in [3.05, 3.63) is 0 Å². The van der Waals surface area contributed by atoms with E-state index in [1.807, 2.05) is 0 Å². The van der Waals surface area contributed by atoms with Crippen LogP contribution in [0.15, 0.2) is 4.99 Å². The van der Waals surface area contributed by atoms with Crippen LogP contribution in [0.3, 0.4) is 0 Å². The van der Waals surface area contributed by atoms with Gasteiger partial charge in [0.15, 0.2) is 5.96 Å². The van der Waals surface area contributed by atoms with Gasteiger partial charge >= 0.3 is 0 Å². The third kappa shape index (κ3) is 7.16. The van der Waals surface area contributed by atoms with Crippen molar-refractivity contribution in [2.75, 3.05) is 13.1 Å². The van der Waals surface area contributed by atoms with Crippen LogP contribution in [0, 0.1) is 0 Å². The minimum absolute atomic E-state index is 0.214. The third-order valence-corrected chi connectivity index (χ3v) is 4.23. The molecule has 0 saturated heterocycles. The highest BCUT2D eigenvalue weighted by atomic mass is 15.2. The molecule has 20 heavy (non-hydrogen) atoms.